The van der Waals surface area contributed by atoms with Crippen LogP contribution in [0.25, 0.3) is 0 Å². The lowest BCUT2D eigenvalue weighted by Gasteiger charge is -2.10. The Morgan fingerprint density at radius 3 is 1.46 bits per heavy atom. The van der Waals surface area contributed by atoms with Gasteiger partial charge in [0.05, 0.1) is 11.4 Å². The van der Waals surface area contributed by atoms with Crippen LogP contribution in [-0.4, -0.2) is 6.79 Å². The van der Waals surface area contributed by atoms with Crippen molar-refractivity contribution in [2.24, 2.45) is 0 Å². The molecule has 0 bridgehead atoms. The summed E-state index contributed by atoms with van der Waals surface area (Å²) >= 11 is 0. The van der Waals surface area contributed by atoms with Crippen LogP contribution in [0.3, 0.4) is 0 Å². The lowest BCUT2D eigenvalue weighted by molar-refractivity contribution is 0.175. The van der Waals surface area contributed by atoms with E-state index in [9.17, 15) is 0 Å². The van der Waals surface area contributed by atoms with Gasteiger partial charge in [-0.2, -0.15) is 0 Å². The zero-order chi connectivity index (χ0) is 9.59. The number of rotatable bonds is 0. The van der Waals surface area contributed by atoms with Gasteiger partial charge in [-0.15, -0.1) is 0 Å². The fourth-order valence-electron chi connectivity index (χ4n) is 1.21. The van der Waals surface area contributed by atoms with Crippen molar-refractivity contribution in [1.82, 2.24) is 0 Å². The second-order valence-corrected chi connectivity index (χ2v) is 2.72. The van der Waals surface area contributed by atoms with Crippen LogP contribution in [-0.2, 0) is 0 Å². The first kappa shape index (κ1) is 7.66. The third-order valence-corrected chi connectivity index (χ3v) is 1.97. The average molecular weight is 182 g/mol. The molecule has 0 spiro atoms. The van der Waals surface area contributed by atoms with Gasteiger partial charge in [0.2, 0.25) is 6.79 Å². The van der Waals surface area contributed by atoms with Crippen LogP contribution in [0.4, 0.5) is 22.7 Å². The molecule has 0 amide bonds. The maximum atomic E-state index is 5.64. The molecular weight excluding hydrogens is 172 g/mol. The number of fused-ring (bicyclic) bond motifs is 1. The summed E-state index contributed by atoms with van der Waals surface area (Å²) in [5.41, 5.74) is 23.5. The average Bonchev–Trinajstić information content (AvgIpc) is 2.59. The maximum Gasteiger partial charge on any atom is 0.231 e. The maximum absolute atomic E-state index is 5.64. The minimum atomic E-state index is 0.0899. The highest BCUT2D eigenvalue weighted by Crippen LogP contribution is 2.49. The molecule has 1 heterocycles. The normalized spacial score (nSPS) is 13.2. The molecule has 1 aliphatic rings. The molecule has 70 valence electrons. The molecule has 0 saturated carbocycles. The van der Waals surface area contributed by atoms with Gasteiger partial charge in [-0.3, -0.25) is 0 Å². The first-order valence-electron chi connectivity index (χ1n) is 3.64. The highest BCUT2D eigenvalue weighted by atomic mass is 16.7. The van der Waals surface area contributed by atoms with E-state index in [0.29, 0.717) is 11.5 Å². The molecule has 13 heavy (non-hydrogen) atoms. The van der Waals surface area contributed by atoms with Crippen molar-refractivity contribution >= 4 is 22.7 Å². The lowest BCUT2D eigenvalue weighted by atomic mass is 10.1. The van der Waals surface area contributed by atoms with E-state index in [0.717, 1.165) is 0 Å². The Kier molecular flexibility index (Phi) is 1.33. The van der Waals surface area contributed by atoms with Gasteiger partial charge in [0.15, 0.2) is 11.5 Å². The minimum absolute atomic E-state index is 0.0899. The Balaban J connectivity index is 2.77. The molecule has 1 aromatic rings. The molecule has 0 saturated heterocycles. The number of nitrogen functional groups attached to an aromatic ring is 4. The van der Waals surface area contributed by atoms with Crippen LogP contribution in [0.15, 0.2) is 0 Å². The topological polar surface area (TPSA) is 123 Å². The van der Waals surface area contributed by atoms with Crippen LogP contribution in [0, 0.1) is 0 Å². The van der Waals surface area contributed by atoms with Gasteiger partial charge in [0, 0.05) is 0 Å². The van der Waals surface area contributed by atoms with Crippen LogP contribution >= 0.6 is 0 Å². The molecule has 2 rings (SSSR count). The Hall–Kier alpha value is -1.98. The standard InChI is InChI=1S/C7H10N4O2/c8-2-3(9)5(11)7-6(4(2)10)12-1-13-7/h1,8-11H2. The van der Waals surface area contributed by atoms with E-state index < -0.39 is 0 Å². The van der Waals surface area contributed by atoms with Gasteiger partial charge in [-0.1, -0.05) is 0 Å². The zero-order valence-corrected chi connectivity index (χ0v) is 6.83. The molecule has 6 heteroatoms. The van der Waals surface area contributed by atoms with Crippen LogP contribution in [0.1, 0.15) is 0 Å². The number of hydrogen-bond donors (Lipinski definition) is 4. The van der Waals surface area contributed by atoms with Gasteiger partial charge in [-0.05, 0) is 0 Å². The first-order valence-corrected chi connectivity index (χ1v) is 3.64. The number of ether oxygens (including phenoxy) is 2. The summed E-state index contributed by atoms with van der Waals surface area (Å²) in [5.74, 6) is 0.758. The SMILES string of the molecule is Nc1c(N)c(N)c2c(c1N)OCO2. The fourth-order valence-corrected chi connectivity index (χ4v) is 1.21. The van der Waals surface area contributed by atoms with Gasteiger partial charge < -0.3 is 32.4 Å². The Labute approximate surface area is 74.4 Å². The molecule has 1 aliphatic heterocycles. The van der Waals surface area contributed by atoms with E-state index in [-0.39, 0.29) is 29.5 Å². The fraction of sp³-hybridized carbons (Fsp3) is 0.143. The lowest BCUT2D eigenvalue weighted by Crippen LogP contribution is -2.04. The summed E-state index contributed by atoms with van der Waals surface area (Å²) in [6.45, 7) is 0.0899. The second kappa shape index (κ2) is 2.25. The van der Waals surface area contributed by atoms with Gasteiger partial charge >= 0.3 is 0 Å². The van der Waals surface area contributed by atoms with Crippen molar-refractivity contribution in [2.45, 2.75) is 0 Å². The van der Waals surface area contributed by atoms with E-state index >= 15 is 0 Å². The summed E-state index contributed by atoms with van der Waals surface area (Å²) in [6.07, 6.45) is 0. The minimum Gasteiger partial charge on any atom is -0.451 e. The number of nitrogens with two attached hydrogens (primary N) is 4. The monoisotopic (exact) mass is 182 g/mol. The van der Waals surface area contributed by atoms with Crippen molar-refractivity contribution in [3.63, 3.8) is 0 Å². The third-order valence-electron chi connectivity index (χ3n) is 1.97. The highest BCUT2D eigenvalue weighted by molar-refractivity contribution is 5.95. The Morgan fingerprint density at radius 1 is 0.692 bits per heavy atom. The molecule has 0 fully saturated rings. The molecule has 6 nitrogen and oxygen atoms in total. The van der Waals surface area contributed by atoms with Crippen molar-refractivity contribution in [1.29, 1.82) is 0 Å². The van der Waals surface area contributed by atoms with Crippen molar-refractivity contribution in [3.8, 4) is 11.5 Å². The summed E-state index contributed by atoms with van der Waals surface area (Å²) in [6, 6.07) is 0. The molecule has 0 radical (unpaired) electrons. The summed E-state index contributed by atoms with van der Waals surface area (Å²) in [4.78, 5) is 0. The smallest absolute Gasteiger partial charge is 0.231 e. The molecular formula is C7H10N4O2. The van der Waals surface area contributed by atoms with Gasteiger partial charge in [-0.25, -0.2) is 0 Å². The zero-order valence-electron chi connectivity index (χ0n) is 6.83. The van der Waals surface area contributed by atoms with E-state index in [2.05, 4.69) is 0 Å². The third kappa shape index (κ3) is 0.821. The Morgan fingerprint density at radius 2 is 1.08 bits per heavy atom. The van der Waals surface area contributed by atoms with Gasteiger partial charge in [0.1, 0.15) is 11.4 Å². The largest absolute Gasteiger partial charge is 0.451 e. The predicted octanol–water partition coefficient (Wildman–Crippen LogP) is -0.256. The number of anilines is 4. The number of hydrogen-bond acceptors (Lipinski definition) is 6. The summed E-state index contributed by atoms with van der Waals surface area (Å²) < 4.78 is 10.2. The summed E-state index contributed by atoms with van der Waals surface area (Å²) in [5, 5.41) is 0. The van der Waals surface area contributed by atoms with E-state index in [1.165, 1.54) is 0 Å². The van der Waals surface area contributed by atoms with Crippen molar-refractivity contribution in [3.05, 3.63) is 0 Å². The van der Waals surface area contributed by atoms with E-state index in [1.807, 2.05) is 0 Å². The first-order chi connectivity index (χ1) is 6.13. The molecule has 0 aromatic heterocycles. The molecule has 0 aliphatic carbocycles. The summed E-state index contributed by atoms with van der Waals surface area (Å²) in [7, 11) is 0. The van der Waals surface area contributed by atoms with Crippen LogP contribution < -0.4 is 32.4 Å². The van der Waals surface area contributed by atoms with E-state index in [4.69, 9.17) is 32.4 Å². The molecule has 0 unspecified atom stereocenters. The van der Waals surface area contributed by atoms with Crippen molar-refractivity contribution < 1.29 is 9.47 Å². The highest BCUT2D eigenvalue weighted by Gasteiger charge is 2.24. The number of benzene rings is 1. The van der Waals surface area contributed by atoms with Crippen LogP contribution in [0.5, 0.6) is 11.5 Å². The molecule has 8 N–H and O–H groups in total. The molecule has 1 aromatic carbocycles. The second-order valence-electron chi connectivity index (χ2n) is 2.72. The van der Waals surface area contributed by atoms with Crippen molar-refractivity contribution in [2.75, 3.05) is 29.7 Å². The van der Waals surface area contributed by atoms with Gasteiger partial charge in [0.25, 0.3) is 0 Å². The predicted molar refractivity (Wildman–Crippen MR) is 50.2 cm³/mol. The van der Waals surface area contributed by atoms with Crippen LogP contribution in [0.2, 0.25) is 0 Å². The quantitative estimate of drug-likeness (QED) is 0.410. The Bertz CT molecular complexity index is 342. The molecule has 0 atom stereocenters. The van der Waals surface area contributed by atoms with E-state index in [1.54, 1.807) is 0 Å².